The van der Waals surface area contributed by atoms with Gasteiger partial charge in [-0.3, -0.25) is 19.7 Å². The Bertz CT molecular complexity index is 1180. The standard InChI is InChI=1S/C20H19BrN6O4S/c1-12-8-14(21)6-7-16(12)23-18(28)11-32-20-25-24-17(26(20)2)10-22-19(29)13-4-3-5-15(9-13)27(30)31/h3-9H,10-11H2,1-2H3,(H,22,29)(H,23,28). The van der Waals surface area contributed by atoms with E-state index < -0.39 is 10.8 Å². The van der Waals surface area contributed by atoms with Crippen molar-refractivity contribution >= 4 is 50.9 Å². The third-order valence-electron chi connectivity index (χ3n) is 4.45. The van der Waals surface area contributed by atoms with E-state index in [1.165, 1.54) is 36.0 Å². The van der Waals surface area contributed by atoms with Crippen LogP contribution in [-0.2, 0) is 18.4 Å². The van der Waals surface area contributed by atoms with E-state index in [2.05, 4.69) is 36.8 Å². The molecule has 1 heterocycles. The molecule has 0 fully saturated rings. The molecule has 0 spiro atoms. The molecule has 0 radical (unpaired) electrons. The number of nitro groups is 1. The van der Waals surface area contributed by atoms with E-state index in [-0.39, 0.29) is 29.5 Å². The van der Waals surface area contributed by atoms with Crippen LogP contribution in [0.3, 0.4) is 0 Å². The van der Waals surface area contributed by atoms with Crippen molar-refractivity contribution in [2.24, 2.45) is 7.05 Å². The van der Waals surface area contributed by atoms with Crippen LogP contribution in [0, 0.1) is 17.0 Å². The second-order valence-electron chi connectivity index (χ2n) is 6.74. The molecular formula is C20H19BrN6O4S. The number of thioether (sulfide) groups is 1. The van der Waals surface area contributed by atoms with Gasteiger partial charge in [0.2, 0.25) is 5.91 Å². The van der Waals surface area contributed by atoms with E-state index in [1.54, 1.807) is 11.6 Å². The lowest BCUT2D eigenvalue weighted by Gasteiger charge is -2.09. The Morgan fingerprint density at radius 3 is 2.72 bits per heavy atom. The van der Waals surface area contributed by atoms with Crippen LogP contribution in [0.2, 0.25) is 0 Å². The van der Waals surface area contributed by atoms with E-state index in [0.717, 1.165) is 15.7 Å². The van der Waals surface area contributed by atoms with Crippen LogP contribution in [0.25, 0.3) is 0 Å². The number of aromatic nitrogens is 3. The highest BCUT2D eigenvalue weighted by molar-refractivity contribution is 9.10. The maximum Gasteiger partial charge on any atom is 0.270 e. The number of nitrogens with one attached hydrogen (secondary N) is 2. The summed E-state index contributed by atoms with van der Waals surface area (Å²) in [4.78, 5) is 34.9. The van der Waals surface area contributed by atoms with Gasteiger partial charge in [0.15, 0.2) is 11.0 Å². The molecule has 10 nitrogen and oxygen atoms in total. The third kappa shape index (κ3) is 5.92. The minimum atomic E-state index is -0.558. The van der Waals surface area contributed by atoms with Gasteiger partial charge in [-0.25, -0.2) is 0 Å². The number of carbonyl (C=O) groups excluding carboxylic acids is 2. The number of aryl methyl sites for hydroxylation is 1. The summed E-state index contributed by atoms with van der Waals surface area (Å²) in [5, 5.41) is 25.0. The third-order valence-corrected chi connectivity index (χ3v) is 5.96. The molecule has 0 aliphatic rings. The van der Waals surface area contributed by atoms with E-state index in [4.69, 9.17) is 0 Å². The molecule has 32 heavy (non-hydrogen) atoms. The number of hydrogen-bond acceptors (Lipinski definition) is 7. The number of hydrogen-bond donors (Lipinski definition) is 2. The summed E-state index contributed by atoms with van der Waals surface area (Å²) in [5.41, 5.74) is 1.70. The van der Waals surface area contributed by atoms with Crippen LogP contribution in [0.1, 0.15) is 21.7 Å². The molecule has 0 bridgehead atoms. The van der Waals surface area contributed by atoms with Crippen LogP contribution in [0.15, 0.2) is 52.1 Å². The molecule has 12 heteroatoms. The lowest BCUT2D eigenvalue weighted by atomic mass is 10.2. The van der Waals surface area contributed by atoms with Gasteiger partial charge in [-0.2, -0.15) is 0 Å². The van der Waals surface area contributed by atoms with Crippen LogP contribution in [0.4, 0.5) is 11.4 Å². The van der Waals surface area contributed by atoms with Crippen molar-refractivity contribution in [3.63, 3.8) is 0 Å². The first-order valence-electron chi connectivity index (χ1n) is 9.34. The number of halogens is 1. The van der Waals surface area contributed by atoms with Gasteiger partial charge in [-0.05, 0) is 36.8 Å². The Balaban J connectivity index is 1.54. The molecule has 2 N–H and O–H groups in total. The molecule has 2 amide bonds. The van der Waals surface area contributed by atoms with Gasteiger partial charge in [-0.1, -0.05) is 33.8 Å². The first kappa shape index (κ1) is 23.4. The van der Waals surface area contributed by atoms with E-state index in [1.807, 2.05) is 25.1 Å². The normalized spacial score (nSPS) is 10.6. The first-order valence-corrected chi connectivity index (χ1v) is 11.1. The Hall–Kier alpha value is -3.25. The molecule has 2 aromatic carbocycles. The summed E-state index contributed by atoms with van der Waals surface area (Å²) < 4.78 is 2.61. The van der Waals surface area contributed by atoms with Gasteiger partial charge in [-0.15, -0.1) is 10.2 Å². The number of nitro benzene ring substituents is 1. The van der Waals surface area contributed by atoms with Crippen LogP contribution in [0.5, 0.6) is 0 Å². The monoisotopic (exact) mass is 518 g/mol. The van der Waals surface area contributed by atoms with Gasteiger partial charge in [0, 0.05) is 34.9 Å². The molecular weight excluding hydrogens is 500 g/mol. The van der Waals surface area contributed by atoms with Gasteiger partial charge in [0.1, 0.15) is 0 Å². The zero-order valence-electron chi connectivity index (χ0n) is 17.2. The summed E-state index contributed by atoms with van der Waals surface area (Å²) >= 11 is 4.61. The lowest BCUT2D eigenvalue weighted by molar-refractivity contribution is -0.384. The minimum Gasteiger partial charge on any atom is -0.345 e. The zero-order chi connectivity index (χ0) is 23.3. The molecule has 0 atom stereocenters. The molecule has 0 aliphatic heterocycles. The fourth-order valence-electron chi connectivity index (χ4n) is 2.73. The van der Waals surface area contributed by atoms with Crippen LogP contribution >= 0.6 is 27.7 Å². The highest BCUT2D eigenvalue weighted by Gasteiger charge is 2.15. The molecule has 0 saturated carbocycles. The lowest BCUT2D eigenvalue weighted by Crippen LogP contribution is -2.24. The van der Waals surface area contributed by atoms with Crippen molar-refractivity contribution in [3.05, 3.63) is 74.0 Å². The molecule has 0 saturated heterocycles. The average Bonchev–Trinajstić information content (AvgIpc) is 3.12. The van der Waals surface area contributed by atoms with Crippen LogP contribution in [-0.4, -0.2) is 37.3 Å². The highest BCUT2D eigenvalue weighted by atomic mass is 79.9. The summed E-state index contributed by atoms with van der Waals surface area (Å²) in [7, 11) is 1.73. The maximum absolute atomic E-state index is 12.3. The summed E-state index contributed by atoms with van der Waals surface area (Å²) in [6, 6.07) is 11.1. The Morgan fingerprint density at radius 2 is 2.00 bits per heavy atom. The molecule has 0 unspecified atom stereocenters. The van der Waals surface area contributed by atoms with Crippen molar-refractivity contribution in [2.75, 3.05) is 11.1 Å². The second-order valence-corrected chi connectivity index (χ2v) is 8.60. The number of non-ortho nitro benzene ring substituents is 1. The number of benzene rings is 2. The topological polar surface area (TPSA) is 132 Å². The molecule has 3 rings (SSSR count). The van der Waals surface area contributed by atoms with Gasteiger partial charge in [0.25, 0.3) is 11.6 Å². The number of anilines is 1. The van der Waals surface area contributed by atoms with Crippen LogP contribution < -0.4 is 10.6 Å². The summed E-state index contributed by atoms with van der Waals surface area (Å²) in [6.07, 6.45) is 0. The predicted molar refractivity (Wildman–Crippen MR) is 124 cm³/mol. The Labute approximate surface area is 196 Å². The number of rotatable bonds is 8. The Morgan fingerprint density at radius 1 is 1.22 bits per heavy atom. The Kier molecular flexibility index (Phi) is 7.59. The summed E-state index contributed by atoms with van der Waals surface area (Å²) in [6.45, 7) is 1.99. The number of nitrogens with zero attached hydrogens (tertiary/aromatic N) is 4. The van der Waals surface area contributed by atoms with E-state index >= 15 is 0 Å². The molecule has 1 aromatic heterocycles. The van der Waals surface area contributed by atoms with Gasteiger partial charge < -0.3 is 15.2 Å². The zero-order valence-corrected chi connectivity index (χ0v) is 19.6. The van der Waals surface area contributed by atoms with Gasteiger partial charge >= 0.3 is 0 Å². The van der Waals surface area contributed by atoms with E-state index in [9.17, 15) is 19.7 Å². The van der Waals surface area contributed by atoms with Gasteiger partial charge in [0.05, 0.1) is 17.2 Å². The molecule has 166 valence electrons. The minimum absolute atomic E-state index is 0.0792. The fraction of sp³-hybridized carbons (Fsp3) is 0.200. The average molecular weight is 519 g/mol. The largest absolute Gasteiger partial charge is 0.345 e. The number of amides is 2. The van der Waals surface area contributed by atoms with Crippen molar-refractivity contribution in [2.45, 2.75) is 18.6 Å². The van der Waals surface area contributed by atoms with Crippen molar-refractivity contribution < 1.29 is 14.5 Å². The second kappa shape index (κ2) is 10.4. The van der Waals surface area contributed by atoms with Crippen molar-refractivity contribution in [1.29, 1.82) is 0 Å². The predicted octanol–water partition coefficient (Wildman–Crippen LogP) is 3.46. The maximum atomic E-state index is 12.3. The highest BCUT2D eigenvalue weighted by Crippen LogP contribution is 2.21. The molecule has 0 aliphatic carbocycles. The quantitative estimate of drug-likeness (QED) is 0.265. The SMILES string of the molecule is Cc1cc(Br)ccc1NC(=O)CSc1nnc(CNC(=O)c2cccc([N+](=O)[O-])c2)n1C. The molecule has 3 aromatic rings. The fourth-order valence-corrected chi connectivity index (χ4v) is 3.94. The van der Waals surface area contributed by atoms with E-state index in [0.29, 0.717) is 11.0 Å². The smallest absolute Gasteiger partial charge is 0.270 e. The van der Waals surface area contributed by atoms with Crippen molar-refractivity contribution in [3.8, 4) is 0 Å². The van der Waals surface area contributed by atoms with Crippen molar-refractivity contribution in [1.82, 2.24) is 20.1 Å². The number of carbonyl (C=O) groups is 2. The first-order chi connectivity index (χ1) is 15.2. The summed E-state index contributed by atoms with van der Waals surface area (Å²) in [5.74, 6) is -0.0174.